The minimum atomic E-state index is -0.805. The fraction of sp³-hybridized carbons (Fsp3) is 0.0833. The highest BCUT2D eigenvalue weighted by Gasteiger charge is 2.17. The maximum atomic E-state index is 13.3. The van der Waals surface area contributed by atoms with Crippen LogP contribution in [-0.4, -0.2) is 5.78 Å². The van der Waals surface area contributed by atoms with Crippen molar-refractivity contribution in [3.05, 3.63) is 57.8 Å². The average Bonchev–Trinajstić information content (AvgIpc) is 2.70. The summed E-state index contributed by atoms with van der Waals surface area (Å²) in [6.07, 6.45) is 0.0291. The zero-order valence-corrected chi connectivity index (χ0v) is 9.06. The molecule has 2 aromatic rings. The molecule has 0 amide bonds. The summed E-state index contributed by atoms with van der Waals surface area (Å²) in [4.78, 5) is 11.7. The second-order valence-electron chi connectivity index (χ2n) is 3.33. The van der Waals surface area contributed by atoms with Crippen molar-refractivity contribution in [2.75, 3.05) is 0 Å². The van der Waals surface area contributed by atoms with Gasteiger partial charge in [0.25, 0.3) is 0 Å². The number of thiophene rings is 1. The summed E-state index contributed by atoms with van der Waals surface area (Å²) in [6.45, 7) is 0. The maximum absolute atomic E-state index is 13.3. The first-order valence-corrected chi connectivity index (χ1v) is 5.61. The van der Waals surface area contributed by atoms with Gasteiger partial charge in [0.2, 0.25) is 0 Å². The fourth-order valence-corrected chi connectivity index (χ4v) is 2.10. The molecule has 0 atom stereocenters. The van der Waals surface area contributed by atoms with Crippen LogP contribution >= 0.6 is 11.3 Å². The Morgan fingerprint density at radius 1 is 1.19 bits per heavy atom. The van der Waals surface area contributed by atoms with Crippen molar-refractivity contribution in [2.45, 2.75) is 6.42 Å². The Labute approximate surface area is 95.4 Å². The lowest BCUT2D eigenvalue weighted by Gasteiger charge is -2.02. The number of carbonyl (C=O) groups excluding carboxylic acids is 1. The van der Waals surface area contributed by atoms with Crippen molar-refractivity contribution in [3.8, 4) is 0 Å². The van der Waals surface area contributed by atoms with Crippen molar-refractivity contribution in [1.29, 1.82) is 0 Å². The molecule has 1 nitrogen and oxygen atoms in total. The quantitative estimate of drug-likeness (QED) is 0.748. The van der Waals surface area contributed by atoms with E-state index in [0.29, 0.717) is 0 Å². The minimum Gasteiger partial charge on any atom is -0.294 e. The van der Waals surface area contributed by atoms with Crippen LogP contribution in [0.1, 0.15) is 15.9 Å². The Balaban J connectivity index is 2.28. The molecule has 1 aromatic heterocycles. The van der Waals surface area contributed by atoms with Crippen molar-refractivity contribution in [2.24, 2.45) is 0 Å². The third-order valence-electron chi connectivity index (χ3n) is 2.19. The molecule has 0 saturated carbocycles. The molecule has 0 N–H and O–H groups in total. The lowest BCUT2D eigenvalue weighted by molar-refractivity contribution is 0.0985. The molecule has 0 aliphatic carbocycles. The van der Waals surface area contributed by atoms with Gasteiger partial charge in [0.05, 0.1) is 5.56 Å². The van der Waals surface area contributed by atoms with Crippen molar-refractivity contribution < 1.29 is 13.6 Å². The third kappa shape index (κ3) is 2.17. The maximum Gasteiger partial charge on any atom is 0.173 e. The fourth-order valence-electron chi connectivity index (χ4n) is 1.43. The molecule has 0 radical (unpaired) electrons. The minimum absolute atomic E-state index is 0.0291. The van der Waals surface area contributed by atoms with Crippen LogP contribution in [0.4, 0.5) is 8.78 Å². The third-order valence-corrected chi connectivity index (χ3v) is 2.92. The molecule has 82 valence electrons. The van der Waals surface area contributed by atoms with E-state index in [1.54, 1.807) is 11.4 Å². The highest BCUT2D eigenvalue weighted by Crippen LogP contribution is 2.16. The number of hydrogen-bond donors (Lipinski definition) is 0. The summed E-state index contributed by atoms with van der Waals surface area (Å²) >= 11 is 1.45. The molecule has 1 aromatic carbocycles. The zero-order valence-electron chi connectivity index (χ0n) is 8.24. The van der Waals surface area contributed by atoms with Gasteiger partial charge in [-0.05, 0) is 34.5 Å². The van der Waals surface area contributed by atoms with Crippen LogP contribution in [0.2, 0.25) is 0 Å². The van der Waals surface area contributed by atoms with E-state index in [2.05, 4.69) is 0 Å². The van der Waals surface area contributed by atoms with Gasteiger partial charge in [0, 0.05) is 6.42 Å². The predicted molar refractivity (Wildman–Crippen MR) is 58.7 cm³/mol. The first-order valence-electron chi connectivity index (χ1n) is 4.67. The van der Waals surface area contributed by atoms with Gasteiger partial charge in [-0.15, -0.1) is 0 Å². The molecule has 0 fully saturated rings. The Hall–Kier alpha value is -1.55. The summed E-state index contributed by atoms with van der Waals surface area (Å²) in [6, 6.07) is 5.18. The topological polar surface area (TPSA) is 17.1 Å². The van der Waals surface area contributed by atoms with Crippen LogP contribution in [0, 0.1) is 11.6 Å². The first-order chi connectivity index (χ1) is 7.68. The lowest BCUT2D eigenvalue weighted by Crippen LogP contribution is -2.08. The van der Waals surface area contributed by atoms with Crippen molar-refractivity contribution in [1.82, 2.24) is 0 Å². The highest BCUT2D eigenvalue weighted by molar-refractivity contribution is 7.08. The van der Waals surface area contributed by atoms with E-state index in [1.165, 1.54) is 17.4 Å². The normalized spacial score (nSPS) is 10.4. The Bertz CT molecular complexity index is 485. The lowest BCUT2D eigenvalue weighted by atomic mass is 10.0. The van der Waals surface area contributed by atoms with Crippen molar-refractivity contribution in [3.63, 3.8) is 0 Å². The number of ketones is 1. The van der Waals surface area contributed by atoms with Crippen LogP contribution in [0.5, 0.6) is 0 Å². The summed E-state index contributed by atoms with van der Waals surface area (Å²) in [5.74, 6) is -2.14. The first kappa shape index (κ1) is 11.0. The molecule has 2 rings (SSSR count). The Morgan fingerprint density at radius 2 is 1.88 bits per heavy atom. The molecule has 4 heteroatoms. The zero-order chi connectivity index (χ0) is 11.5. The predicted octanol–water partition coefficient (Wildman–Crippen LogP) is 3.45. The monoisotopic (exact) mass is 238 g/mol. The van der Waals surface area contributed by atoms with E-state index >= 15 is 0 Å². The molecular weight excluding hydrogens is 230 g/mol. The summed E-state index contributed by atoms with van der Waals surface area (Å²) in [5.41, 5.74) is 0.325. The van der Waals surface area contributed by atoms with Crippen molar-refractivity contribution >= 4 is 17.1 Å². The Kier molecular flexibility index (Phi) is 3.10. The van der Waals surface area contributed by atoms with E-state index in [9.17, 15) is 13.6 Å². The van der Waals surface area contributed by atoms with E-state index in [0.717, 1.165) is 17.7 Å². The second-order valence-corrected chi connectivity index (χ2v) is 4.11. The van der Waals surface area contributed by atoms with E-state index in [-0.39, 0.29) is 6.42 Å². The van der Waals surface area contributed by atoms with E-state index in [1.807, 2.05) is 5.38 Å². The summed E-state index contributed by atoms with van der Waals surface area (Å²) < 4.78 is 26.5. The average molecular weight is 238 g/mol. The molecule has 0 unspecified atom stereocenters. The summed E-state index contributed by atoms with van der Waals surface area (Å²) in [5, 5.41) is 3.61. The van der Waals surface area contributed by atoms with Crippen LogP contribution in [-0.2, 0) is 6.42 Å². The molecular formula is C12H8F2OS. The smallest absolute Gasteiger partial charge is 0.173 e. The standard InChI is InChI=1S/C12H8F2OS/c13-9-2-1-3-10(14)12(9)11(15)6-8-4-5-16-7-8/h1-5,7H,6H2. The van der Waals surface area contributed by atoms with Gasteiger partial charge < -0.3 is 0 Å². The number of hydrogen-bond acceptors (Lipinski definition) is 2. The largest absolute Gasteiger partial charge is 0.294 e. The van der Waals surface area contributed by atoms with Crippen LogP contribution in [0.3, 0.4) is 0 Å². The van der Waals surface area contributed by atoms with Gasteiger partial charge in [0.15, 0.2) is 5.78 Å². The van der Waals surface area contributed by atoms with Gasteiger partial charge in [-0.25, -0.2) is 8.78 Å². The molecule has 16 heavy (non-hydrogen) atoms. The molecule has 1 heterocycles. The number of halogens is 2. The SMILES string of the molecule is O=C(Cc1ccsc1)c1c(F)cccc1F. The van der Waals surface area contributed by atoms with Crippen LogP contribution in [0.15, 0.2) is 35.0 Å². The van der Waals surface area contributed by atoms with Gasteiger partial charge in [-0.2, -0.15) is 11.3 Å². The molecule has 0 spiro atoms. The van der Waals surface area contributed by atoms with E-state index < -0.39 is 23.0 Å². The number of carbonyl (C=O) groups is 1. The number of benzene rings is 1. The number of rotatable bonds is 3. The molecule has 0 aliphatic rings. The van der Waals surface area contributed by atoms with Gasteiger partial charge in [-0.3, -0.25) is 4.79 Å². The van der Waals surface area contributed by atoms with Gasteiger partial charge >= 0.3 is 0 Å². The van der Waals surface area contributed by atoms with E-state index in [4.69, 9.17) is 0 Å². The molecule has 0 bridgehead atoms. The second kappa shape index (κ2) is 4.53. The summed E-state index contributed by atoms with van der Waals surface area (Å²) in [7, 11) is 0. The molecule has 0 saturated heterocycles. The van der Waals surface area contributed by atoms with Gasteiger partial charge in [0.1, 0.15) is 11.6 Å². The van der Waals surface area contributed by atoms with Gasteiger partial charge in [-0.1, -0.05) is 6.07 Å². The Morgan fingerprint density at radius 3 is 2.44 bits per heavy atom. The van der Waals surface area contributed by atoms with Crippen LogP contribution < -0.4 is 0 Å². The number of Topliss-reactive ketones (excluding diaryl/α,β-unsaturated/α-hetero) is 1. The molecule has 0 aliphatic heterocycles. The highest BCUT2D eigenvalue weighted by atomic mass is 32.1. The van der Waals surface area contributed by atoms with Crippen LogP contribution in [0.25, 0.3) is 0 Å².